The monoisotopic (exact) mass is 196 g/mol. The van der Waals surface area contributed by atoms with Crippen LogP contribution in [0.25, 0.3) is 0 Å². The normalized spacial score (nSPS) is 18.2. The fraction of sp³-hybridized carbons (Fsp3) is 1.00. The predicted octanol–water partition coefficient (Wildman–Crippen LogP) is -2.32. The molecule has 0 amide bonds. The minimum atomic E-state index is -1.49. The third-order valence-corrected chi connectivity index (χ3v) is 1.33. The average molecular weight is 196 g/mol. The lowest BCUT2D eigenvalue weighted by atomic mass is 10.3. The Balaban J connectivity index is 3.50. The fourth-order valence-electron chi connectivity index (χ4n) is 0.651. The van der Waals surface area contributed by atoms with Crippen molar-refractivity contribution >= 4 is 0 Å². The lowest BCUT2D eigenvalue weighted by Crippen LogP contribution is -2.34. The molecule has 0 aliphatic heterocycles. The van der Waals surface area contributed by atoms with Crippen molar-refractivity contribution in [1.29, 1.82) is 0 Å². The van der Waals surface area contributed by atoms with E-state index in [4.69, 9.17) is 20.4 Å². The molecule has 0 spiro atoms. The van der Waals surface area contributed by atoms with E-state index in [0.717, 1.165) is 0 Å². The molecule has 0 aromatic rings. The molecule has 0 heterocycles. The largest absolute Gasteiger partial charge is 0.393 e. The molecule has 6 nitrogen and oxygen atoms in total. The molecule has 80 valence electrons. The topological polar surface area (TPSA) is 99.4 Å². The van der Waals surface area contributed by atoms with Crippen LogP contribution in [-0.2, 0) is 9.47 Å². The lowest BCUT2D eigenvalue weighted by molar-refractivity contribution is -0.185. The number of hydrogen-bond acceptors (Lipinski definition) is 6. The molecule has 0 aliphatic rings. The van der Waals surface area contributed by atoms with Gasteiger partial charge in [-0.2, -0.15) is 0 Å². The first-order chi connectivity index (χ1) is 6.11. The van der Waals surface area contributed by atoms with Crippen molar-refractivity contribution < 1.29 is 29.9 Å². The Bertz CT molecular complexity index is 120. The second-order valence-electron chi connectivity index (χ2n) is 2.58. The third-order valence-electron chi connectivity index (χ3n) is 1.33. The van der Waals surface area contributed by atoms with Crippen LogP contribution >= 0.6 is 0 Å². The Labute approximate surface area is 76.3 Å². The van der Waals surface area contributed by atoms with Gasteiger partial charge in [0.2, 0.25) is 0 Å². The van der Waals surface area contributed by atoms with Crippen LogP contribution in [0.2, 0.25) is 0 Å². The SMILES string of the molecule is COCC(O)COC(O)C(O)CO. The van der Waals surface area contributed by atoms with E-state index in [1.807, 2.05) is 0 Å². The zero-order chi connectivity index (χ0) is 10.3. The van der Waals surface area contributed by atoms with Crippen LogP contribution in [0.3, 0.4) is 0 Å². The van der Waals surface area contributed by atoms with Crippen LogP contribution in [0.4, 0.5) is 0 Å². The molecule has 0 radical (unpaired) electrons. The molecular weight excluding hydrogens is 180 g/mol. The maximum Gasteiger partial charge on any atom is 0.183 e. The Morgan fingerprint density at radius 3 is 2.23 bits per heavy atom. The van der Waals surface area contributed by atoms with E-state index in [1.165, 1.54) is 7.11 Å². The molecule has 0 fully saturated rings. The van der Waals surface area contributed by atoms with Gasteiger partial charge in [-0.15, -0.1) is 0 Å². The van der Waals surface area contributed by atoms with E-state index in [9.17, 15) is 0 Å². The maximum absolute atomic E-state index is 9.05. The molecule has 0 saturated carbocycles. The standard InChI is InChI=1S/C7H16O6/c1-12-3-5(9)4-13-7(11)6(10)2-8/h5-11H,2-4H2,1H3. The third kappa shape index (κ3) is 5.92. The summed E-state index contributed by atoms with van der Waals surface area (Å²) in [5.41, 5.74) is 0. The second-order valence-corrected chi connectivity index (χ2v) is 2.58. The first-order valence-electron chi connectivity index (χ1n) is 3.87. The van der Waals surface area contributed by atoms with E-state index >= 15 is 0 Å². The number of ether oxygens (including phenoxy) is 2. The second kappa shape index (κ2) is 7.19. The quantitative estimate of drug-likeness (QED) is 0.341. The molecule has 0 rings (SSSR count). The van der Waals surface area contributed by atoms with Gasteiger partial charge in [-0.25, -0.2) is 0 Å². The number of aliphatic hydroxyl groups is 4. The highest BCUT2D eigenvalue weighted by Crippen LogP contribution is 1.96. The Morgan fingerprint density at radius 2 is 1.77 bits per heavy atom. The van der Waals surface area contributed by atoms with Gasteiger partial charge in [0.25, 0.3) is 0 Å². The zero-order valence-corrected chi connectivity index (χ0v) is 7.46. The predicted molar refractivity (Wildman–Crippen MR) is 42.9 cm³/mol. The lowest BCUT2D eigenvalue weighted by Gasteiger charge is -2.18. The first-order valence-corrected chi connectivity index (χ1v) is 3.87. The van der Waals surface area contributed by atoms with Gasteiger partial charge in [-0.1, -0.05) is 0 Å². The van der Waals surface area contributed by atoms with Crippen molar-refractivity contribution in [1.82, 2.24) is 0 Å². The summed E-state index contributed by atoms with van der Waals surface area (Å²) < 4.78 is 9.22. The van der Waals surface area contributed by atoms with E-state index in [2.05, 4.69) is 9.47 Å². The van der Waals surface area contributed by atoms with Gasteiger partial charge in [-0.05, 0) is 0 Å². The van der Waals surface area contributed by atoms with Crippen LogP contribution < -0.4 is 0 Å². The number of methoxy groups -OCH3 is 1. The molecule has 0 saturated heterocycles. The van der Waals surface area contributed by atoms with Crippen molar-refractivity contribution in [2.24, 2.45) is 0 Å². The molecule has 0 bridgehead atoms. The molecule has 3 unspecified atom stereocenters. The van der Waals surface area contributed by atoms with Crippen molar-refractivity contribution in [3.63, 3.8) is 0 Å². The van der Waals surface area contributed by atoms with Crippen LogP contribution in [0, 0.1) is 0 Å². The molecular formula is C7H16O6. The Hall–Kier alpha value is -0.240. The van der Waals surface area contributed by atoms with E-state index in [-0.39, 0.29) is 13.2 Å². The summed E-state index contributed by atoms with van der Waals surface area (Å²) in [6.45, 7) is -0.671. The summed E-state index contributed by atoms with van der Waals surface area (Å²) >= 11 is 0. The Kier molecular flexibility index (Phi) is 7.06. The van der Waals surface area contributed by atoms with Gasteiger partial charge in [-0.3, -0.25) is 0 Å². The highest BCUT2D eigenvalue weighted by molar-refractivity contribution is 4.57. The molecule has 4 N–H and O–H groups in total. The molecule has 0 aromatic carbocycles. The first kappa shape index (κ1) is 12.8. The highest BCUT2D eigenvalue weighted by Gasteiger charge is 2.16. The van der Waals surface area contributed by atoms with Crippen molar-refractivity contribution in [2.45, 2.75) is 18.5 Å². The van der Waals surface area contributed by atoms with Gasteiger partial charge >= 0.3 is 0 Å². The number of rotatable bonds is 7. The maximum atomic E-state index is 9.05. The minimum absolute atomic E-state index is 0.0853. The average Bonchev–Trinajstić information content (AvgIpc) is 2.13. The number of aliphatic hydroxyl groups excluding tert-OH is 4. The smallest absolute Gasteiger partial charge is 0.183 e. The summed E-state index contributed by atoms with van der Waals surface area (Å²) in [5, 5.41) is 35.2. The van der Waals surface area contributed by atoms with Crippen LogP contribution in [0.5, 0.6) is 0 Å². The summed E-state index contributed by atoms with van der Waals surface area (Å²) in [4.78, 5) is 0. The van der Waals surface area contributed by atoms with Crippen LogP contribution in [-0.4, -0.2) is 65.9 Å². The molecule has 13 heavy (non-hydrogen) atoms. The van der Waals surface area contributed by atoms with Gasteiger partial charge < -0.3 is 29.9 Å². The minimum Gasteiger partial charge on any atom is -0.393 e. The van der Waals surface area contributed by atoms with Crippen LogP contribution in [0.1, 0.15) is 0 Å². The highest BCUT2D eigenvalue weighted by atomic mass is 16.6. The van der Waals surface area contributed by atoms with Crippen LogP contribution in [0.15, 0.2) is 0 Å². The summed E-state index contributed by atoms with van der Waals surface area (Å²) in [6, 6.07) is 0. The van der Waals surface area contributed by atoms with E-state index in [0.29, 0.717) is 0 Å². The summed E-state index contributed by atoms with van der Waals surface area (Å²) in [6.07, 6.45) is -3.70. The van der Waals surface area contributed by atoms with E-state index < -0.39 is 25.1 Å². The van der Waals surface area contributed by atoms with Gasteiger partial charge in [0.1, 0.15) is 12.2 Å². The Morgan fingerprint density at radius 1 is 1.15 bits per heavy atom. The number of hydrogen-bond donors (Lipinski definition) is 4. The van der Waals surface area contributed by atoms with Crippen molar-refractivity contribution in [3.8, 4) is 0 Å². The molecule has 0 aromatic heterocycles. The fourth-order valence-corrected chi connectivity index (χ4v) is 0.651. The van der Waals surface area contributed by atoms with Gasteiger partial charge in [0, 0.05) is 7.11 Å². The summed E-state index contributed by atoms with van der Waals surface area (Å²) in [5.74, 6) is 0. The van der Waals surface area contributed by atoms with Crippen molar-refractivity contribution in [2.75, 3.05) is 26.9 Å². The molecule has 3 atom stereocenters. The van der Waals surface area contributed by atoms with E-state index in [1.54, 1.807) is 0 Å². The van der Waals surface area contributed by atoms with Gasteiger partial charge in [0.05, 0.1) is 19.8 Å². The summed E-state index contributed by atoms with van der Waals surface area (Å²) in [7, 11) is 1.42. The van der Waals surface area contributed by atoms with Gasteiger partial charge in [0.15, 0.2) is 6.29 Å². The molecule has 0 aliphatic carbocycles. The zero-order valence-electron chi connectivity index (χ0n) is 7.46. The van der Waals surface area contributed by atoms with Crippen molar-refractivity contribution in [3.05, 3.63) is 0 Å². The molecule has 6 heteroatoms.